The smallest absolute Gasteiger partial charge is 0.268 e. The summed E-state index contributed by atoms with van der Waals surface area (Å²) in [7, 11) is 0.192. The maximum absolute atomic E-state index is 12.1. The van der Waals surface area contributed by atoms with Crippen molar-refractivity contribution in [2.75, 3.05) is 33.8 Å². The molecule has 2 unspecified atom stereocenters. The Bertz CT molecular complexity index is 524. The van der Waals surface area contributed by atoms with Gasteiger partial charge in [-0.05, 0) is 44.9 Å². The molecular formula is C26H52NO4P. The first-order valence-electron chi connectivity index (χ1n) is 13.5. The molecule has 0 aromatic rings. The van der Waals surface area contributed by atoms with Crippen LogP contribution in [0.25, 0.3) is 0 Å². The second-order valence-electron chi connectivity index (χ2n) is 10.3. The molecule has 1 saturated heterocycles. The van der Waals surface area contributed by atoms with E-state index in [0.29, 0.717) is 0 Å². The average molecular weight is 474 g/mol. The first-order chi connectivity index (χ1) is 15.3. The molecule has 0 saturated carbocycles. The van der Waals surface area contributed by atoms with Gasteiger partial charge in [-0.25, -0.2) is 0 Å². The molecule has 0 amide bonds. The Hall–Kier alpha value is -0.190. The van der Waals surface area contributed by atoms with Gasteiger partial charge in [-0.1, -0.05) is 76.9 Å². The molecule has 6 heteroatoms. The van der Waals surface area contributed by atoms with Crippen molar-refractivity contribution in [3.63, 3.8) is 0 Å². The van der Waals surface area contributed by atoms with E-state index in [-0.39, 0.29) is 12.7 Å². The van der Waals surface area contributed by atoms with Crippen molar-refractivity contribution in [1.29, 1.82) is 0 Å². The molecule has 0 bridgehead atoms. The lowest BCUT2D eigenvalue weighted by Gasteiger charge is -2.29. The SMILES string of the molecule is CCCCCCCC/C=C\CCCCCCCCOP(=O)([O-])OC1CCC[N+](C)(C)CC1. The molecule has 32 heavy (non-hydrogen) atoms. The van der Waals surface area contributed by atoms with Crippen molar-refractivity contribution >= 4 is 7.82 Å². The highest BCUT2D eigenvalue weighted by Gasteiger charge is 2.26. The zero-order chi connectivity index (χ0) is 23.5. The number of quaternary nitrogens is 1. The molecule has 0 aromatic carbocycles. The van der Waals surface area contributed by atoms with Gasteiger partial charge in [0, 0.05) is 6.42 Å². The minimum atomic E-state index is -4.18. The third kappa shape index (κ3) is 17.3. The zero-order valence-electron chi connectivity index (χ0n) is 21.4. The van der Waals surface area contributed by atoms with Crippen LogP contribution in [-0.2, 0) is 13.6 Å². The monoisotopic (exact) mass is 473 g/mol. The summed E-state index contributed by atoms with van der Waals surface area (Å²) in [4.78, 5) is 12.1. The van der Waals surface area contributed by atoms with Crippen LogP contribution in [0.4, 0.5) is 0 Å². The minimum Gasteiger partial charge on any atom is -0.756 e. The highest BCUT2D eigenvalue weighted by Crippen LogP contribution is 2.42. The number of hydrogen-bond acceptors (Lipinski definition) is 4. The first-order valence-corrected chi connectivity index (χ1v) is 14.9. The number of rotatable bonds is 19. The van der Waals surface area contributed by atoms with Gasteiger partial charge in [0.25, 0.3) is 7.82 Å². The number of unbranched alkanes of at least 4 members (excludes halogenated alkanes) is 12. The number of phosphoric acid groups is 1. The summed E-state index contributed by atoms with van der Waals surface area (Å²) in [5, 5.41) is 0. The molecule has 0 spiro atoms. The number of phosphoric ester groups is 1. The molecular weight excluding hydrogens is 421 g/mol. The van der Waals surface area contributed by atoms with Gasteiger partial charge in [0.05, 0.1) is 39.9 Å². The maximum Gasteiger partial charge on any atom is 0.268 e. The molecule has 0 aromatic heterocycles. The molecule has 0 aliphatic carbocycles. The molecule has 2 atom stereocenters. The Morgan fingerprint density at radius 3 is 2.03 bits per heavy atom. The largest absolute Gasteiger partial charge is 0.756 e. The van der Waals surface area contributed by atoms with E-state index in [1.165, 1.54) is 70.6 Å². The van der Waals surface area contributed by atoms with Gasteiger partial charge in [-0.15, -0.1) is 0 Å². The topological polar surface area (TPSA) is 58.6 Å². The van der Waals surface area contributed by atoms with Crippen LogP contribution in [0.15, 0.2) is 12.2 Å². The number of allylic oxidation sites excluding steroid dienone is 2. The van der Waals surface area contributed by atoms with E-state index in [4.69, 9.17) is 9.05 Å². The van der Waals surface area contributed by atoms with Crippen molar-refractivity contribution in [3.8, 4) is 0 Å². The fraction of sp³-hybridized carbons (Fsp3) is 0.923. The lowest BCUT2D eigenvalue weighted by Crippen LogP contribution is -2.40. The Labute approximate surface area is 199 Å². The number of likely N-dealkylation sites (tertiary alicyclic amines) is 1. The Kier molecular flexibility index (Phi) is 17.0. The predicted molar refractivity (Wildman–Crippen MR) is 134 cm³/mol. The quantitative estimate of drug-likeness (QED) is 0.0864. The lowest BCUT2D eigenvalue weighted by molar-refractivity contribution is -0.889. The van der Waals surface area contributed by atoms with Crippen LogP contribution < -0.4 is 4.89 Å². The Balaban J connectivity index is 1.91. The van der Waals surface area contributed by atoms with Gasteiger partial charge in [0.1, 0.15) is 0 Å². The molecule has 1 rings (SSSR count). The van der Waals surface area contributed by atoms with Crippen molar-refractivity contribution in [2.45, 2.75) is 122 Å². The van der Waals surface area contributed by atoms with Crippen molar-refractivity contribution < 1.29 is 23.0 Å². The average Bonchev–Trinajstić information content (AvgIpc) is 2.90. The molecule has 5 nitrogen and oxygen atoms in total. The van der Waals surface area contributed by atoms with Crippen LogP contribution in [0.1, 0.15) is 116 Å². The van der Waals surface area contributed by atoms with Crippen LogP contribution in [-0.4, -0.2) is 44.4 Å². The van der Waals surface area contributed by atoms with E-state index in [1.807, 2.05) is 0 Å². The molecule has 1 fully saturated rings. The van der Waals surface area contributed by atoms with E-state index in [2.05, 4.69) is 33.2 Å². The highest BCUT2D eigenvalue weighted by atomic mass is 31.2. The van der Waals surface area contributed by atoms with Gasteiger partial charge in [-0.2, -0.15) is 0 Å². The minimum absolute atomic E-state index is 0.224. The first kappa shape index (κ1) is 29.8. The standard InChI is InChI=1S/C26H52NO4P/c1-4-5-6-7-8-9-10-11-12-13-14-15-16-17-18-19-25-30-32(28,29)31-26-21-20-23-27(2,3)24-22-26/h11-12,26H,4-10,13-25H2,1-3H3/b12-11-. The third-order valence-electron chi connectivity index (χ3n) is 6.53. The van der Waals surface area contributed by atoms with Gasteiger partial charge in [0.2, 0.25) is 0 Å². The molecule has 190 valence electrons. The second kappa shape index (κ2) is 18.2. The molecule has 0 radical (unpaired) electrons. The van der Waals surface area contributed by atoms with Crippen LogP contribution in [0, 0.1) is 0 Å². The third-order valence-corrected chi connectivity index (χ3v) is 7.58. The van der Waals surface area contributed by atoms with Gasteiger partial charge in [-0.3, -0.25) is 4.57 Å². The van der Waals surface area contributed by atoms with Gasteiger partial charge < -0.3 is 18.4 Å². The Morgan fingerprint density at radius 1 is 0.844 bits per heavy atom. The lowest BCUT2D eigenvalue weighted by atomic mass is 10.1. The van der Waals surface area contributed by atoms with E-state index in [1.54, 1.807) is 0 Å². The maximum atomic E-state index is 12.1. The van der Waals surface area contributed by atoms with Gasteiger partial charge >= 0.3 is 0 Å². The van der Waals surface area contributed by atoms with E-state index in [9.17, 15) is 9.46 Å². The summed E-state index contributed by atoms with van der Waals surface area (Å²) in [6.45, 7) is 4.52. The summed E-state index contributed by atoms with van der Waals surface area (Å²) in [5.41, 5.74) is 0. The zero-order valence-corrected chi connectivity index (χ0v) is 22.3. The van der Waals surface area contributed by atoms with Crippen molar-refractivity contribution in [1.82, 2.24) is 0 Å². The molecule has 1 aliphatic heterocycles. The van der Waals surface area contributed by atoms with Crippen LogP contribution in [0.5, 0.6) is 0 Å². The number of hydrogen-bond donors (Lipinski definition) is 0. The van der Waals surface area contributed by atoms with E-state index >= 15 is 0 Å². The van der Waals surface area contributed by atoms with Crippen molar-refractivity contribution in [2.24, 2.45) is 0 Å². The second-order valence-corrected chi connectivity index (χ2v) is 11.6. The summed E-state index contributed by atoms with van der Waals surface area (Å²) in [6, 6.07) is 0. The van der Waals surface area contributed by atoms with Crippen LogP contribution in [0.3, 0.4) is 0 Å². The van der Waals surface area contributed by atoms with Gasteiger partial charge in [0.15, 0.2) is 0 Å². The normalized spacial score (nSPS) is 20.9. The summed E-state index contributed by atoms with van der Waals surface area (Å²) < 4.78 is 23.5. The summed E-state index contributed by atoms with van der Waals surface area (Å²) >= 11 is 0. The fourth-order valence-corrected chi connectivity index (χ4v) is 5.33. The highest BCUT2D eigenvalue weighted by molar-refractivity contribution is 7.45. The molecule has 1 aliphatic rings. The van der Waals surface area contributed by atoms with Crippen LogP contribution >= 0.6 is 7.82 Å². The Morgan fingerprint density at radius 2 is 1.41 bits per heavy atom. The summed E-state index contributed by atoms with van der Waals surface area (Å²) in [6.07, 6.45) is 24.3. The predicted octanol–water partition coefficient (Wildman–Crippen LogP) is 7.15. The van der Waals surface area contributed by atoms with Crippen molar-refractivity contribution in [3.05, 3.63) is 12.2 Å². The van der Waals surface area contributed by atoms with E-state index < -0.39 is 7.82 Å². The van der Waals surface area contributed by atoms with E-state index in [0.717, 1.165) is 56.1 Å². The summed E-state index contributed by atoms with van der Waals surface area (Å²) in [5.74, 6) is 0. The molecule has 0 N–H and O–H groups in total. The number of nitrogens with zero attached hydrogens (tertiary/aromatic N) is 1. The molecule has 1 heterocycles. The fourth-order valence-electron chi connectivity index (χ4n) is 4.34. The van der Waals surface area contributed by atoms with Crippen LogP contribution in [0.2, 0.25) is 0 Å².